The van der Waals surface area contributed by atoms with Crippen LogP contribution < -0.4 is 4.90 Å². The van der Waals surface area contributed by atoms with E-state index in [-0.39, 0.29) is 5.78 Å². The van der Waals surface area contributed by atoms with Crippen molar-refractivity contribution < 1.29 is 9.59 Å². The number of Topliss-reactive ketones (excluding diaryl/α,β-unsaturated/α-hetero) is 1. The summed E-state index contributed by atoms with van der Waals surface area (Å²) in [5.74, 6) is -0.788. The summed E-state index contributed by atoms with van der Waals surface area (Å²) in [7, 11) is 0. The zero-order valence-electron chi connectivity index (χ0n) is 9.21. The van der Waals surface area contributed by atoms with Crippen LogP contribution in [0.1, 0.15) is 21.5 Å². The SMILES string of the molecule is Cc1ccc(C)c2c1C(=O)C(=O)N2CCBr. The highest BCUT2D eigenvalue weighted by Gasteiger charge is 2.37. The molecule has 1 aromatic carbocycles. The molecule has 84 valence electrons. The van der Waals surface area contributed by atoms with Crippen molar-refractivity contribution in [2.75, 3.05) is 16.8 Å². The molecule has 0 atom stereocenters. The van der Waals surface area contributed by atoms with Gasteiger partial charge >= 0.3 is 0 Å². The molecule has 0 unspecified atom stereocenters. The zero-order chi connectivity index (χ0) is 11.9. The van der Waals surface area contributed by atoms with Gasteiger partial charge in [-0.2, -0.15) is 0 Å². The average Bonchev–Trinajstić information content (AvgIpc) is 2.50. The van der Waals surface area contributed by atoms with Gasteiger partial charge in [-0.15, -0.1) is 0 Å². The van der Waals surface area contributed by atoms with Crippen LogP contribution >= 0.6 is 15.9 Å². The monoisotopic (exact) mass is 281 g/mol. The van der Waals surface area contributed by atoms with Gasteiger partial charge in [0.2, 0.25) is 0 Å². The maximum absolute atomic E-state index is 11.8. The predicted molar refractivity (Wildman–Crippen MR) is 66.4 cm³/mol. The van der Waals surface area contributed by atoms with Gasteiger partial charge in [0.15, 0.2) is 0 Å². The lowest BCUT2D eigenvalue weighted by Gasteiger charge is -2.17. The lowest BCUT2D eigenvalue weighted by Crippen LogP contribution is -2.31. The molecule has 1 aromatic rings. The van der Waals surface area contributed by atoms with Crippen molar-refractivity contribution in [3.05, 3.63) is 28.8 Å². The van der Waals surface area contributed by atoms with Crippen molar-refractivity contribution in [1.29, 1.82) is 0 Å². The molecule has 0 aromatic heterocycles. The van der Waals surface area contributed by atoms with Crippen molar-refractivity contribution in [3.8, 4) is 0 Å². The number of benzene rings is 1. The molecule has 0 aliphatic carbocycles. The van der Waals surface area contributed by atoms with E-state index < -0.39 is 5.91 Å². The van der Waals surface area contributed by atoms with Gasteiger partial charge in [0.25, 0.3) is 11.7 Å². The Morgan fingerprint density at radius 1 is 1.19 bits per heavy atom. The normalized spacial score (nSPS) is 14.6. The Labute approximate surface area is 103 Å². The van der Waals surface area contributed by atoms with Crippen LogP contribution in [-0.2, 0) is 4.79 Å². The van der Waals surface area contributed by atoms with E-state index in [1.54, 1.807) is 4.90 Å². The first kappa shape index (κ1) is 11.3. The number of nitrogens with zero attached hydrogens (tertiary/aromatic N) is 1. The number of aryl methyl sites for hydroxylation is 2. The highest BCUT2D eigenvalue weighted by Crippen LogP contribution is 2.34. The third kappa shape index (κ3) is 1.48. The minimum atomic E-state index is -0.410. The Balaban J connectivity index is 2.64. The van der Waals surface area contributed by atoms with Gasteiger partial charge in [0, 0.05) is 11.9 Å². The maximum atomic E-state index is 11.8. The molecule has 0 spiro atoms. The Bertz CT molecular complexity index is 482. The van der Waals surface area contributed by atoms with Crippen molar-refractivity contribution in [2.45, 2.75) is 13.8 Å². The molecule has 3 nitrogen and oxygen atoms in total. The lowest BCUT2D eigenvalue weighted by atomic mass is 10.0. The summed E-state index contributed by atoms with van der Waals surface area (Å²) in [5.41, 5.74) is 3.21. The highest BCUT2D eigenvalue weighted by atomic mass is 79.9. The fourth-order valence-electron chi connectivity index (χ4n) is 2.06. The number of anilines is 1. The molecule has 0 saturated carbocycles. The van der Waals surface area contributed by atoms with Crippen LogP contribution in [0.5, 0.6) is 0 Å². The summed E-state index contributed by atoms with van der Waals surface area (Å²) in [6.07, 6.45) is 0. The number of alkyl halides is 1. The highest BCUT2D eigenvalue weighted by molar-refractivity contribution is 9.09. The standard InChI is InChI=1S/C12H12BrNO2/c1-7-3-4-8(2)10-9(7)11(15)12(16)14(10)6-5-13/h3-4H,5-6H2,1-2H3. The second-order valence-corrected chi connectivity index (χ2v) is 4.69. The Hall–Kier alpha value is -1.16. The first-order valence-electron chi connectivity index (χ1n) is 5.10. The van der Waals surface area contributed by atoms with E-state index in [0.29, 0.717) is 17.4 Å². The molecular formula is C12H12BrNO2. The first-order valence-corrected chi connectivity index (χ1v) is 6.22. The van der Waals surface area contributed by atoms with Gasteiger partial charge in [-0.05, 0) is 25.0 Å². The minimum Gasteiger partial charge on any atom is -0.304 e. The summed E-state index contributed by atoms with van der Waals surface area (Å²) >= 11 is 3.30. The number of amides is 1. The average molecular weight is 282 g/mol. The lowest BCUT2D eigenvalue weighted by molar-refractivity contribution is -0.114. The molecule has 16 heavy (non-hydrogen) atoms. The summed E-state index contributed by atoms with van der Waals surface area (Å²) in [5, 5.41) is 0.666. The summed E-state index contributed by atoms with van der Waals surface area (Å²) < 4.78 is 0. The van der Waals surface area contributed by atoms with Gasteiger partial charge < -0.3 is 4.90 Å². The zero-order valence-corrected chi connectivity index (χ0v) is 10.8. The molecule has 0 fully saturated rings. The Kier molecular flexibility index (Phi) is 2.84. The van der Waals surface area contributed by atoms with Crippen LogP contribution in [-0.4, -0.2) is 23.6 Å². The number of rotatable bonds is 2. The van der Waals surface area contributed by atoms with Crippen LogP contribution in [0.3, 0.4) is 0 Å². The molecule has 1 aliphatic rings. The minimum absolute atomic E-state index is 0.378. The second kappa shape index (κ2) is 4.01. The fourth-order valence-corrected chi connectivity index (χ4v) is 2.41. The molecule has 1 aliphatic heterocycles. The summed E-state index contributed by atoms with van der Waals surface area (Å²) in [4.78, 5) is 25.2. The number of halogens is 1. The van der Waals surface area contributed by atoms with Gasteiger partial charge in [-0.25, -0.2) is 0 Å². The molecule has 0 radical (unpaired) electrons. The van der Waals surface area contributed by atoms with Crippen molar-refractivity contribution in [3.63, 3.8) is 0 Å². The van der Waals surface area contributed by atoms with E-state index in [0.717, 1.165) is 16.8 Å². The second-order valence-electron chi connectivity index (χ2n) is 3.90. The van der Waals surface area contributed by atoms with Crippen molar-refractivity contribution in [1.82, 2.24) is 0 Å². The third-order valence-electron chi connectivity index (χ3n) is 2.83. The Morgan fingerprint density at radius 2 is 1.81 bits per heavy atom. The van der Waals surface area contributed by atoms with E-state index in [2.05, 4.69) is 15.9 Å². The van der Waals surface area contributed by atoms with Gasteiger partial charge in [-0.3, -0.25) is 9.59 Å². The summed E-state index contributed by atoms with van der Waals surface area (Å²) in [6, 6.07) is 3.83. The first-order chi connectivity index (χ1) is 7.57. The van der Waals surface area contributed by atoms with Crippen molar-refractivity contribution in [2.24, 2.45) is 0 Å². The number of hydrogen-bond acceptors (Lipinski definition) is 2. The maximum Gasteiger partial charge on any atom is 0.299 e. The van der Waals surface area contributed by atoms with Gasteiger partial charge in [0.1, 0.15) is 0 Å². The number of hydrogen-bond donors (Lipinski definition) is 0. The molecule has 1 heterocycles. The fraction of sp³-hybridized carbons (Fsp3) is 0.333. The molecule has 4 heteroatoms. The number of ketones is 1. The number of fused-ring (bicyclic) bond motifs is 1. The van der Waals surface area contributed by atoms with E-state index in [9.17, 15) is 9.59 Å². The molecule has 0 saturated heterocycles. The van der Waals surface area contributed by atoms with Crippen LogP contribution in [0.15, 0.2) is 12.1 Å². The van der Waals surface area contributed by atoms with Crippen LogP contribution in [0.25, 0.3) is 0 Å². The number of carbonyl (C=O) groups excluding carboxylic acids is 2. The van der Waals surface area contributed by atoms with Crippen LogP contribution in [0.2, 0.25) is 0 Å². The van der Waals surface area contributed by atoms with E-state index in [4.69, 9.17) is 0 Å². The van der Waals surface area contributed by atoms with Gasteiger partial charge in [-0.1, -0.05) is 28.1 Å². The van der Waals surface area contributed by atoms with E-state index in [1.165, 1.54) is 0 Å². The van der Waals surface area contributed by atoms with Gasteiger partial charge in [0.05, 0.1) is 11.3 Å². The predicted octanol–water partition coefficient (Wildman–Crippen LogP) is 2.23. The quantitative estimate of drug-likeness (QED) is 0.616. The largest absolute Gasteiger partial charge is 0.304 e. The van der Waals surface area contributed by atoms with E-state index in [1.807, 2.05) is 26.0 Å². The smallest absolute Gasteiger partial charge is 0.299 e. The molecule has 0 N–H and O–H groups in total. The Morgan fingerprint density at radius 3 is 2.44 bits per heavy atom. The number of carbonyl (C=O) groups is 2. The van der Waals surface area contributed by atoms with E-state index >= 15 is 0 Å². The molecule has 0 bridgehead atoms. The molecular weight excluding hydrogens is 270 g/mol. The summed E-state index contributed by atoms with van der Waals surface area (Å²) in [6.45, 7) is 4.31. The van der Waals surface area contributed by atoms with Crippen LogP contribution in [0, 0.1) is 13.8 Å². The molecule has 2 rings (SSSR count). The van der Waals surface area contributed by atoms with Crippen molar-refractivity contribution >= 4 is 33.3 Å². The third-order valence-corrected chi connectivity index (χ3v) is 3.19. The topological polar surface area (TPSA) is 37.4 Å². The molecule has 1 amide bonds. The van der Waals surface area contributed by atoms with Crippen LogP contribution in [0.4, 0.5) is 5.69 Å².